The molecule has 0 heterocycles. The zero-order valence-corrected chi connectivity index (χ0v) is 15.3. The van der Waals surface area contributed by atoms with Crippen molar-refractivity contribution >= 4 is 23.2 Å². The first-order valence-electron chi connectivity index (χ1n) is 8.39. The molecule has 0 aliphatic heterocycles. The third-order valence-electron chi connectivity index (χ3n) is 3.56. The van der Waals surface area contributed by atoms with E-state index >= 15 is 0 Å². The largest absolute Gasteiger partial charge is 0.481 e. The van der Waals surface area contributed by atoms with Crippen molar-refractivity contribution < 1.29 is 19.2 Å². The lowest BCUT2D eigenvalue weighted by atomic mass is 10.2. The number of benzene rings is 2. The fourth-order valence-electron chi connectivity index (χ4n) is 2.20. The van der Waals surface area contributed by atoms with Crippen molar-refractivity contribution in [3.05, 3.63) is 64.2 Å². The molecular formula is C19H21N3O5. The fourth-order valence-corrected chi connectivity index (χ4v) is 2.20. The van der Waals surface area contributed by atoms with Gasteiger partial charge in [0.15, 0.2) is 6.10 Å². The van der Waals surface area contributed by atoms with E-state index < -0.39 is 11.0 Å². The summed E-state index contributed by atoms with van der Waals surface area (Å²) in [6, 6.07) is 12.0. The fraction of sp³-hybridized carbons (Fsp3) is 0.263. The Kier molecular flexibility index (Phi) is 6.48. The Morgan fingerprint density at radius 3 is 2.11 bits per heavy atom. The number of anilines is 1. The first kappa shape index (κ1) is 19.9. The van der Waals surface area contributed by atoms with Crippen molar-refractivity contribution in [3.63, 3.8) is 0 Å². The number of ether oxygens (including phenoxy) is 1. The number of nitro groups is 1. The van der Waals surface area contributed by atoms with E-state index in [4.69, 9.17) is 4.74 Å². The molecule has 0 fully saturated rings. The normalized spacial score (nSPS) is 11.6. The Morgan fingerprint density at radius 1 is 1.00 bits per heavy atom. The van der Waals surface area contributed by atoms with Crippen LogP contribution in [0, 0.1) is 10.1 Å². The van der Waals surface area contributed by atoms with Crippen molar-refractivity contribution in [2.24, 2.45) is 0 Å². The molecule has 8 heteroatoms. The Morgan fingerprint density at radius 2 is 1.59 bits per heavy atom. The summed E-state index contributed by atoms with van der Waals surface area (Å²) in [5.74, 6) is -0.213. The first-order chi connectivity index (χ1) is 12.8. The van der Waals surface area contributed by atoms with Crippen molar-refractivity contribution in [3.8, 4) is 5.75 Å². The number of hydrogen-bond acceptors (Lipinski definition) is 5. The lowest BCUT2D eigenvalue weighted by Crippen LogP contribution is -2.30. The molecule has 2 N–H and O–H groups in total. The molecule has 8 nitrogen and oxygen atoms in total. The van der Waals surface area contributed by atoms with E-state index in [-0.39, 0.29) is 23.5 Å². The maximum atomic E-state index is 12.2. The molecule has 0 radical (unpaired) electrons. The highest BCUT2D eigenvalue weighted by Gasteiger charge is 2.16. The molecular weight excluding hydrogens is 350 g/mol. The molecule has 0 saturated carbocycles. The minimum Gasteiger partial charge on any atom is -0.481 e. The van der Waals surface area contributed by atoms with Crippen LogP contribution in [0.1, 0.15) is 31.1 Å². The minimum atomic E-state index is -0.810. The van der Waals surface area contributed by atoms with Crippen LogP contribution in [0.5, 0.6) is 5.75 Å². The number of hydrogen-bond donors (Lipinski definition) is 2. The molecule has 0 saturated heterocycles. The number of nitrogens with zero attached hydrogens (tertiary/aromatic N) is 1. The number of rotatable bonds is 7. The molecule has 27 heavy (non-hydrogen) atoms. The average molecular weight is 371 g/mol. The highest BCUT2D eigenvalue weighted by molar-refractivity contribution is 5.96. The second-order valence-electron chi connectivity index (χ2n) is 6.21. The number of amides is 2. The van der Waals surface area contributed by atoms with Crippen LogP contribution >= 0.6 is 0 Å². The van der Waals surface area contributed by atoms with Gasteiger partial charge in [-0.25, -0.2) is 0 Å². The predicted octanol–water partition coefficient (Wildman–Crippen LogP) is 3.14. The van der Waals surface area contributed by atoms with Gasteiger partial charge in [-0.05, 0) is 57.2 Å². The van der Waals surface area contributed by atoms with Crippen molar-refractivity contribution in [2.45, 2.75) is 32.9 Å². The molecule has 0 bridgehead atoms. The summed E-state index contributed by atoms with van der Waals surface area (Å²) in [4.78, 5) is 34.3. The zero-order chi connectivity index (χ0) is 20.0. The number of nitrogens with one attached hydrogen (secondary N) is 2. The molecule has 142 valence electrons. The maximum absolute atomic E-state index is 12.2. The summed E-state index contributed by atoms with van der Waals surface area (Å²) in [6.07, 6.45) is -0.810. The maximum Gasteiger partial charge on any atom is 0.269 e. The second-order valence-corrected chi connectivity index (χ2v) is 6.21. The molecule has 2 rings (SSSR count). The van der Waals surface area contributed by atoms with E-state index in [2.05, 4.69) is 10.6 Å². The molecule has 1 unspecified atom stereocenters. The lowest BCUT2D eigenvalue weighted by Gasteiger charge is -2.15. The van der Waals surface area contributed by atoms with Gasteiger partial charge in [-0.1, -0.05) is 0 Å². The molecule has 2 aromatic rings. The van der Waals surface area contributed by atoms with Crippen LogP contribution < -0.4 is 15.4 Å². The van der Waals surface area contributed by atoms with E-state index in [1.165, 1.54) is 24.3 Å². The topological polar surface area (TPSA) is 111 Å². The van der Waals surface area contributed by atoms with Crippen LogP contribution in [-0.4, -0.2) is 28.9 Å². The number of nitro benzene ring substituents is 1. The van der Waals surface area contributed by atoms with Crippen LogP contribution in [0.4, 0.5) is 11.4 Å². The minimum absolute atomic E-state index is 0.0364. The Hall–Kier alpha value is -3.42. The van der Waals surface area contributed by atoms with Gasteiger partial charge < -0.3 is 15.4 Å². The first-order valence-corrected chi connectivity index (χ1v) is 8.39. The molecule has 0 spiro atoms. The second kappa shape index (κ2) is 8.79. The number of carbonyl (C=O) groups is 2. The standard InChI is InChI=1S/C19H21N3O5/c1-12(2)20-19(24)14-4-6-15(7-5-14)21-18(23)13(3)27-17-10-8-16(9-11-17)22(25)26/h4-13H,1-3H3,(H,20,24)(H,21,23). The van der Waals surface area contributed by atoms with Crippen molar-refractivity contribution in [1.82, 2.24) is 5.32 Å². The van der Waals surface area contributed by atoms with Gasteiger partial charge in [-0.3, -0.25) is 19.7 Å². The van der Waals surface area contributed by atoms with Gasteiger partial charge in [0, 0.05) is 29.4 Å². The predicted molar refractivity (Wildman–Crippen MR) is 101 cm³/mol. The van der Waals surface area contributed by atoms with Crippen LogP contribution in [0.2, 0.25) is 0 Å². The summed E-state index contributed by atoms with van der Waals surface area (Å²) in [5.41, 5.74) is 0.971. The van der Waals surface area contributed by atoms with Gasteiger partial charge in [0.05, 0.1) is 4.92 Å². The van der Waals surface area contributed by atoms with Gasteiger partial charge in [0.2, 0.25) is 0 Å². The van der Waals surface area contributed by atoms with Crippen LogP contribution in [0.25, 0.3) is 0 Å². The molecule has 0 aliphatic carbocycles. The van der Waals surface area contributed by atoms with Crippen LogP contribution in [-0.2, 0) is 4.79 Å². The molecule has 0 aromatic heterocycles. The third-order valence-corrected chi connectivity index (χ3v) is 3.56. The quantitative estimate of drug-likeness (QED) is 0.574. The van der Waals surface area contributed by atoms with Gasteiger partial charge in [-0.15, -0.1) is 0 Å². The highest BCUT2D eigenvalue weighted by Crippen LogP contribution is 2.19. The van der Waals surface area contributed by atoms with Gasteiger partial charge in [0.1, 0.15) is 5.75 Å². The van der Waals surface area contributed by atoms with Crippen molar-refractivity contribution in [2.75, 3.05) is 5.32 Å². The van der Waals surface area contributed by atoms with Gasteiger partial charge in [0.25, 0.3) is 17.5 Å². The van der Waals surface area contributed by atoms with E-state index in [1.807, 2.05) is 13.8 Å². The zero-order valence-electron chi connectivity index (χ0n) is 15.3. The number of carbonyl (C=O) groups excluding carboxylic acids is 2. The Balaban J connectivity index is 1.93. The molecule has 2 amide bonds. The average Bonchev–Trinajstić information content (AvgIpc) is 2.62. The van der Waals surface area contributed by atoms with Crippen LogP contribution in [0.3, 0.4) is 0 Å². The van der Waals surface area contributed by atoms with Gasteiger partial charge >= 0.3 is 0 Å². The van der Waals surface area contributed by atoms with E-state index in [9.17, 15) is 19.7 Å². The van der Waals surface area contributed by atoms with E-state index in [0.29, 0.717) is 17.0 Å². The summed E-state index contributed by atoms with van der Waals surface area (Å²) >= 11 is 0. The monoisotopic (exact) mass is 371 g/mol. The van der Waals surface area contributed by atoms with Crippen molar-refractivity contribution in [1.29, 1.82) is 0 Å². The SMILES string of the molecule is CC(C)NC(=O)c1ccc(NC(=O)C(C)Oc2ccc([N+](=O)[O-])cc2)cc1. The Bertz CT molecular complexity index is 816. The van der Waals surface area contributed by atoms with Crippen LogP contribution in [0.15, 0.2) is 48.5 Å². The highest BCUT2D eigenvalue weighted by atomic mass is 16.6. The number of non-ortho nitro benzene ring substituents is 1. The smallest absolute Gasteiger partial charge is 0.269 e. The lowest BCUT2D eigenvalue weighted by molar-refractivity contribution is -0.384. The molecule has 0 aliphatic rings. The van der Waals surface area contributed by atoms with E-state index in [0.717, 1.165) is 0 Å². The summed E-state index contributed by atoms with van der Waals surface area (Å²) in [5, 5.41) is 16.1. The third kappa shape index (κ3) is 5.81. The summed E-state index contributed by atoms with van der Waals surface area (Å²) in [7, 11) is 0. The summed E-state index contributed by atoms with van der Waals surface area (Å²) < 4.78 is 5.49. The van der Waals surface area contributed by atoms with E-state index in [1.54, 1.807) is 31.2 Å². The molecule has 1 atom stereocenters. The Labute approximate surface area is 156 Å². The molecule has 2 aromatic carbocycles. The summed E-state index contributed by atoms with van der Waals surface area (Å²) in [6.45, 7) is 5.32. The van der Waals surface area contributed by atoms with Gasteiger partial charge in [-0.2, -0.15) is 0 Å².